The van der Waals surface area contributed by atoms with Crippen molar-refractivity contribution < 1.29 is 9.53 Å². The average molecular weight is 230 g/mol. The molecule has 2 aliphatic rings. The molecule has 17 heavy (non-hydrogen) atoms. The predicted octanol–water partition coefficient (Wildman–Crippen LogP) is 1.74. The van der Waals surface area contributed by atoms with Gasteiger partial charge in [-0.25, -0.2) is 4.99 Å². The van der Waals surface area contributed by atoms with E-state index in [1.807, 2.05) is 32.0 Å². The molecular formula is C13H14N2O2. The Balaban J connectivity index is 1.96. The standard InChI is InChI=1S/C13H14N2O2/c1-13(2)7-17-12(15-13)9-4-3-8-6-11(16)14-10(8)5-9/h3-5H,6-7H2,1-2H3,(H,14,16). The van der Waals surface area contributed by atoms with Crippen molar-refractivity contribution in [3.63, 3.8) is 0 Å². The number of hydrogen-bond donors (Lipinski definition) is 1. The Bertz CT molecular complexity index is 532. The molecule has 2 aliphatic heterocycles. The van der Waals surface area contributed by atoms with Crippen LogP contribution in [0.15, 0.2) is 23.2 Å². The lowest BCUT2D eigenvalue weighted by Crippen LogP contribution is -2.17. The Morgan fingerprint density at radius 3 is 2.94 bits per heavy atom. The van der Waals surface area contributed by atoms with Crippen molar-refractivity contribution in [2.45, 2.75) is 25.8 Å². The summed E-state index contributed by atoms with van der Waals surface area (Å²) in [6.45, 7) is 4.68. The number of amides is 1. The first-order valence-corrected chi connectivity index (χ1v) is 5.69. The lowest BCUT2D eigenvalue weighted by molar-refractivity contribution is -0.115. The van der Waals surface area contributed by atoms with Gasteiger partial charge in [-0.2, -0.15) is 0 Å². The summed E-state index contributed by atoms with van der Waals surface area (Å²) < 4.78 is 5.58. The van der Waals surface area contributed by atoms with Crippen LogP contribution in [0.2, 0.25) is 0 Å². The van der Waals surface area contributed by atoms with E-state index in [0.29, 0.717) is 18.9 Å². The Hall–Kier alpha value is -1.84. The van der Waals surface area contributed by atoms with E-state index in [-0.39, 0.29) is 11.4 Å². The molecular weight excluding hydrogens is 216 g/mol. The maximum absolute atomic E-state index is 11.3. The van der Waals surface area contributed by atoms with Crippen molar-refractivity contribution in [2.75, 3.05) is 11.9 Å². The monoisotopic (exact) mass is 230 g/mol. The maximum atomic E-state index is 11.3. The fraction of sp³-hybridized carbons (Fsp3) is 0.385. The summed E-state index contributed by atoms with van der Waals surface area (Å²) in [6, 6.07) is 5.85. The number of carbonyl (C=O) groups excluding carboxylic acids is 1. The van der Waals surface area contributed by atoms with E-state index in [9.17, 15) is 4.79 Å². The number of hydrogen-bond acceptors (Lipinski definition) is 3. The average Bonchev–Trinajstić information content (AvgIpc) is 2.78. The van der Waals surface area contributed by atoms with Crippen LogP contribution in [-0.4, -0.2) is 24.0 Å². The summed E-state index contributed by atoms with van der Waals surface area (Å²) >= 11 is 0. The second-order valence-corrected chi connectivity index (χ2v) is 5.11. The third-order valence-electron chi connectivity index (χ3n) is 2.95. The van der Waals surface area contributed by atoms with E-state index in [1.165, 1.54) is 0 Å². The highest BCUT2D eigenvalue weighted by atomic mass is 16.5. The molecule has 4 nitrogen and oxygen atoms in total. The fourth-order valence-electron chi connectivity index (χ4n) is 2.08. The Labute approximate surface area is 99.7 Å². The molecule has 0 saturated heterocycles. The molecule has 1 aromatic rings. The van der Waals surface area contributed by atoms with E-state index < -0.39 is 0 Å². The fourth-order valence-corrected chi connectivity index (χ4v) is 2.08. The van der Waals surface area contributed by atoms with Crippen LogP contribution in [0.5, 0.6) is 0 Å². The van der Waals surface area contributed by atoms with E-state index in [0.717, 1.165) is 16.8 Å². The van der Waals surface area contributed by atoms with Crippen LogP contribution in [0.25, 0.3) is 0 Å². The Morgan fingerprint density at radius 2 is 2.24 bits per heavy atom. The van der Waals surface area contributed by atoms with Crippen molar-refractivity contribution in [3.8, 4) is 0 Å². The van der Waals surface area contributed by atoms with Gasteiger partial charge in [-0.3, -0.25) is 4.79 Å². The third-order valence-corrected chi connectivity index (χ3v) is 2.95. The van der Waals surface area contributed by atoms with Crippen molar-refractivity contribution in [3.05, 3.63) is 29.3 Å². The predicted molar refractivity (Wildman–Crippen MR) is 65.3 cm³/mol. The molecule has 0 saturated carbocycles. The van der Waals surface area contributed by atoms with Crippen molar-refractivity contribution in [2.24, 2.45) is 4.99 Å². The first-order valence-electron chi connectivity index (χ1n) is 5.69. The zero-order valence-electron chi connectivity index (χ0n) is 9.91. The van der Waals surface area contributed by atoms with Crippen molar-refractivity contribution in [1.29, 1.82) is 0 Å². The molecule has 88 valence electrons. The first kappa shape index (κ1) is 10.3. The van der Waals surface area contributed by atoms with Crippen LogP contribution >= 0.6 is 0 Å². The molecule has 1 N–H and O–H groups in total. The number of aliphatic imine (C=N–C) groups is 1. The van der Waals surface area contributed by atoms with E-state index >= 15 is 0 Å². The molecule has 0 bridgehead atoms. The number of rotatable bonds is 1. The van der Waals surface area contributed by atoms with Gasteiger partial charge in [0.25, 0.3) is 0 Å². The summed E-state index contributed by atoms with van der Waals surface area (Å²) in [4.78, 5) is 15.8. The summed E-state index contributed by atoms with van der Waals surface area (Å²) in [5.74, 6) is 0.714. The smallest absolute Gasteiger partial charge is 0.228 e. The lowest BCUT2D eigenvalue weighted by Gasteiger charge is -2.07. The van der Waals surface area contributed by atoms with Gasteiger partial charge in [0.2, 0.25) is 11.8 Å². The van der Waals surface area contributed by atoms with Gasteiger partial charge in [0.05, 0.1) is 12.0 Å². The summed E-state index contributed by atoms with van der Waals surface area (Å²) in [7, 11) is 0. The first-order chi connectivity index (χ1) is 8.03. The van der Waals surface area contributed by atoms with E-state index in [4.69, 9.17) is 4.74 Å². The third kappa shape index (κ3) is 1.79. The van der Waals surface area contributed by atoms with Gasteiger partial charge in [0.15, 0.2) is 0 Å². The Kier molecular flexibility index (Phi) is 2.02. The molecule has 0 aliphatic carbocycles. The van der Waals surface area contributed by atoms with Gasteiger partial charge in [-0.1, -0.05) is 6.07 Å². The van der Waals surface area contributed by atoms with Crippen LogP contribution in [-0.2, 0) is 16.0 Å². The number of nitrogens with zero attached hydrogens (tertiary/aromatic N) is 1. The second kappa shape index (κ2) is 3.32. The van der Waals surface area contributed by atoms with Crippen LogP contribution in [0.3, 0.4) is 0 Å². The minimum absolute atomic E-state index is 0.0479. The topological polar surface area (TPSA) is 50.7 Å². The maximum Gasteiger partial charge on any atom is 0.228 e. The molecule has 2 heterocycles. The molecule has 4 heteroatoms. The van der Waals surface area contributed by atoms with Crippen molar-refractivity contribution in [1.82, 2.24) is 0 Å². The van der Waals surface area contributed by atoms with Gasteiger partial charge >= 0.3 is 0 Å². The highest BCUT2D eigenvalue weighted by molar-refractivity contribution is 6.02. The van der Waals surface area contributed by atoms with Crippen LogP contribution in [0, 0.1) is 0 Å². The van der Waals surface area contributed by atoms with Gasteiger partial charge < -0.3 is 10.1 Å². The van der Waals surface area contributed by atoms with Crippen LogP contribution in [0.4, 0.5) is 5.69 Å². The molecule has 0 aromatic heterocycles. The lowest BCUT2D eigenvalue weighted by atomic mass is 10.1. The van der Waals surface area contributed by atoms with Crippen LogP contribution in [0.1, 0.15) is 25.0 Å². The second-order valence-electron chi connectivity index (χ2n) is 5.11. The molecule has 0 radical (unpaired) electrons. The SMILES string of the molecule is CC1(C)COC(c2ccc3c(c2)NC(=O)C3)=N1. The molecule has 1 amide bonds. The number of nitrogens with one attached hydrogen (secondary N) is 1. The highest BCUT2D eigenvalue weighted by Crippen LogP contribution is 2.27. The quantitative estimate of drug-likeness (QED) is 0.798. The van der Waals surface area contributed by atoms with E-state index in [1.54, 1.807) is 0 Å². The number of fused-ring (bicyclic) bond motifs is 1. The Morgan fingerprint density at radius 1 is 1.41 bits per heavy atom. The van der Waals surface area contributed by atoms with Crippen molar-refractivity contribution >= 4 is 17.5 Å². The molecule has 3 rings (SSSR count). The number of benzene rings is 1. The molecule has 0 spiro atoms. The van der Waals surface area contributed by atoms with Crippen LogP contribution < -0.4 is 5.32 Å². The molecule has 0 unspecified atom stereocenters. The van der Waals surface area contributed by atoms with E-state index in [2.05, 4.69) is 10.3 Å². The minimum atomic E-state index is -0.155. The van der Waals surface area contributed by atoms with Gasteiger partial charge in [0.1, 0.15) is 6.61 Å². The molecule has 1 aromatic carbocycles. The van der Waals surface area contributed by atoms with Gasteiger partial charge in [-0.05, 0) is 31.5 Å². The zero-order valence-corrected chi connectivity index (χ0v) is 9.91. The number of anilines is 1. The normalized spacial score (nSPS) is 20.6. The zero-order chi connectivity index (χ0) is 12.0. The molecule has 0 fully saturated rings. The summed E-state index contributed by atoms with van der Waals surface area (Å²) in [6.07, 6.45) is 0.467. The number of ether oxygens (including phenoxy) is 1. The number of carbonyl (C=O) groups is 1. The minimum Gasteiger partial charge on any atom is -0.475 e. The largest absolute Gasteiger partial charge is 0.475 e. The van der Waals surface area contributed by atoms with Gasteiger partial charge in [0, 0.05) is 11.3 Å². The highest BCUT2D eigenvalue weighted by Gasteiger charge is 2.28. The summed E-state index contributed by atoms with van der Waals surface area (Å²) in [5, 5.41) is 2.83. The summed E-state index contributed by atoms with van der Waals surface area (Å²) in [5.41, 5.74) is 2.69. The molecule has 0 atom stereocenters. The van der Waals surface area contributed by atoms with Gasteiger partial charge in [-0.15, -0.1) is 0 Å².